The maximum Gasteiger partial charge on any atom is 0.0921 e. The number of rotatable bonds is 3. The number of H-pyrrole nitrogens is 1. The van der Waals surface area contributed by atoms with Gasteiger partial charge in [0.15, 0.2) is 0 Å². The van der Waals surface area contributed by atoms with Gasteiger partial charge in [0.1, 0.15) is 0 Å². The van der Waals surface area contributed by atoms with Crippen molar-refractivity contribution in [2.45, 2.75) is 13.0 Å². The molecule has 94 valence electrons. The second-order valence-electron chi connectivity index (χ2n) is 4.62. The summed E-state index contributed by atoms with van der Waals surface area (Å²) in [6.07, 6.45) is 4.66. The van der Waals surface area contributed by atoms with Gasteiger partial charge in [0.25, 0.3) is 0 Å². The lowest BCUT2D eigenvalue weighted by molar-refractivity contribution is 0.685. The van der Waals surface area contributed by atoms with Gasteiger partial charge in [-0.05, 0) is 11.6 Å². The summed E-state index contributed by atoms with van der Waals surface area (Å²) in [6, 6.07) is 8.65. The second kappa shape index (κ2) is 5.23. The fraction of sp³-hybridized carbons (Fsp3) is 0.357. The van der Waals surface area contributed by atoms with Gasteiger partial charge in [-0.2, -0.15) is 0 Å². The van der Waals surface area contributed by atoms with E-state index in [-0.39, 0.29) is 0 Å². The third-order valence-electron chi connectivity index (χ3n) is 3.41. The monoisotopic (exact) mass is 242 g/mol. The predicted octanol–water partition coefficient (Wildman–Crippen LogP) is 1.56. The average Bonchev–Trinajstić information content (AvgIpc) is 2.84. The van der Waals surface area contributed by atoms with E-state index in [1.807, 2.05) is 6.20 Å². The molecule has 1 aromatic carbocycles. The molecule has 2 N–H and O–H groups in total. The first-order valence-corrected chi connectivity index (χ1v) is 6.44. The Balaban J connectivity index is 1.75. The maximum absolute atomic E-state index is 4.06. The van der Waals surface area contributed by atoms with Gasteiger partial charge in [0.2, 0.25) is 0 Å². The van der Waals surface area contributed by atoms with Crippen molar-refractivity contribution in [2.24, 2.45) is 0 Å². The Bertz CT molecular complexity index is 492. The highest BCUT2D eigenvalue weighted by Crippen LogP contribution is 2.22. The summed E-state index contributed by atoms with van der Waals surface area (Å²) >= 11 is 0. The number of benzene rings is 1. The van der Waals surface area contributed by atoms with Gasteiger partial charge in [-0.25, -0.2) is 4.98 Å². The number of anilines is 1. The normalized spacial score (nSPS) is 15.2. The van der Waals surface area contributed by atoms with E-state index >= 15 is 0 Å². The van der Waals surface area contributed by atoms with Gasteiger partial charge in [-0.3, -0.25) is 0 Å². The van der Waals surface area contributed by atoms with E-state index in [4.69, 9.17) is 0 Å². The average molecular weight is 242 g/mol. The number of para-hydroxylation sites is 1. The summed E-state index contributed by atoms with van der Waals surface area (Å²) in [5.74, 6) is 0. The Kier molecular flexibility index (Phi) is 3.28. The van der Waals surface area contributed by atoms with Gasteiger partial charge >= 0.3 is 0 Å². The van der Waals surface area contributed by atoms with Crippen molar-refractivity contribution in [3.63, 3.8) is 0 Å². The molecule has 0 spiro atoms. The van der Waals surface area contributed by atoms with E-state index in [1.165, 1.54) is 16.9 Å². The third kappa shape index (κ3) is 2.38. The maximum atomic E-state index is 4.06. The molecule has 4 nitrogen and oxygen atoms in total. The van der Waals surface area contributed by atoms with Crippen molar-refractivity contribution in [1.29, 1.82) is 0 Å². The molecule has 0 saturated carbocycles. The molecule has 1 aromatic heterocycles. The van der Waals surface area contributed by atoms with Crippen molar-refractivity contribution in [3.8, 4) is 0 Å². The number of aromatic nitrogens is 2. The summed E-state index contributed by atoms with van der Waals surface area (Å²) in [7, 11) is 0. The zero-order valence-corrected chi connectivity index (χ0v) is 10.4. The first-order chi connectivity index (χ1) is 8.93. The van der Waals surface area contributed by atoms with Crippen LogP contribution in [-0.4, -0.2) is 29.6 Å². The van der Waals surface area contributed by atoms with Gasteiger partial charge in [0.05, 0.1) is 6.33 Å². The van der Waals surface area contributed by atoms with Crippen LogP contribution in [0.2, 0.25) is 0 Å². The zero-order chi connectivity index (χ0) is 12.2. The van der Waals surface area contributed by atoms with E-state index in [2.05, 4.69) is 44.5 Å². The van der Waals surface area contributed by atoms with E-state index in [9.17, 15) is 0 Å². The molecule has 4 heteroatoms. The Labute approximate surface area is 107 Å². The molecule has 1 aliphatic heterocycles. The van der Waals surface area contributed by atoms with Gasteiger partial charge < -0.3 is 15.2 Å². The summed E-state index contributed by atoms with van der Waals surface area (Å²) < 4.78 is 0. The molecule has 2 aromatic rings. The van der Waals surface area contributed by atoms with E-state index in [1.54, 1.807) is 6.33 Å². The smallest absolute Gasteiger partial charge is 0.0921 e. The Morgan fingerprint density at radius 2 is 2.22 bits per heavy atom. The molecule has 0 amide bonds. The van der Waals surface area contributed by atoms with Crippen LogP contribution >= 0.6 is 0 Å². The van der Waals surface area contributed by atoms with Crippen LogP contribution in [0.25, 0.3) is 0 Å². The summed E-state index contributed by atoms with van der Waals surface area (Å²) in [5.41, 5.74) is 3.95. The van der Waals surface area contributed by atoms with E-state index in [0.29, 0.717) is 0 Å². The van der Waals surface area contributed by atoms with Crippen molar-refractivity contribution >= 4 is 5.69 Å². The number of hydrogen-bond acceptors (Lipinski definition) is 3. The van der Waals surface area contributed by atoms with Crippen LogP contribution in [0.15, 0.2) is 36.8 Å². The first kappa shape index (κ1) is 11.3. The van der Waals surface area contributed by atoms with Gasteiger partial charge in [-0.15, -0.1) is 0 Å². The van der Waals surface area contributed by atoms with Crippen LogP contribution in [-0.2, 0) is 13.0 Å². The van der Waals surface area contributed by atoms with Crippen molar-refractivity contribution in [1.82, 2.24) is 15.3 Å². The van der Waals surface area contributed by atoms with Crippen LogP contribution in [0.3, 0.4) is 0 Å². The molecular formula is C14H18N4. The van der Waals surface area contributed by atoms with Crippen molar-refractivity contribution in [2.75, 3.05) is 24.5 Å². The number of nitrogens with one attached hydrogen (secondary N) is 2. The predicted molar refractivity (Wildman–Crippen MR) is 72.7 cm³/mol. The number of fused-ring (bicyclic) bond motifs is 1. The van der Waals surface area contributed by atoms with Crippen LogP contribution in [0.1, 0.15) is 11.3 Å². The standard InChI is InChI=1S/C14H18N4/c1-2-4-14-12(3-1)9-15-6-8-18(14)7-5-13-10-16-11-17-13/h1-4,10-11,15H,5-9H2,(H,16,17). The molecule has 18 heavy (non-hydrogen) atoms. The molecule has 0 aliphatic carbocycles. The Morgan fingerprint density at radius 3 is 3.11 bits per heavy atom. The zero-order valence-electron chi connectivity index (χ0n) is 10.4. The molecule has 0 atom stereocenters. The highest BCUT2D eigenvalue weighted by molar-refractivity contribution is 5.54. The molecule has 0 radical (unpaired) electrons. The molecule has 0 bridgehead atoms. The number of nitrogens with zero attached hydrogens (tertiary/aromatic N) is 2. The van der Waals surface area contributed by atoms with Crippen molar-refractivity contribution < 1.29 is 0 Å². The highest BCUT2D eigenvalue weighted by atomic mass is 15.2. The summed E-state index contributed by atoms with van der Waals surface area (Å²) in [5, 5.41) is 3.46. The molecule has 1 aliphatic rings. The molecule has 3 rings (SSSR count). The topological polar surface area (TPSA) is 44.0 Å². The van der Waals surface area contributed by atoms with Gasteiger partial charge in [0, 0.05) is 50.2 Å². The summed E-state index contributed by atoms with van der Waals surface area (Å²) in [4.78, 5) is 9.68. The third-order valence-corrected chi connectivity index (χ3v) is 3.41. The molecular weight excluding hydrogens is 224 g/mol. The van der Waals surface area contributed by atoms with Crippen LogP contribution < -0.4 is 10.2 Å². The minimum atomic E-state index is 0.969. The minimum absolute atomic E-state index is 0.969. The lowest BCUT2D eigenvalue weighted by Crippen LogP contribution is -2.30. The molecule has 2 heterocycles. The lowest BCUT2D eigenvalue weighted by Gasteiger charge is -2.24. The highest BCUT2D eigenvalue weighted by Gasteiger charge is 2.13. The quantitative estimate of drug-likeness (QED) is 0.858. The molecule has 0 unspecified atom stereocenters. The number of imidazole rings is 1. The number of aromatic amines is 1. The fourth-order valence-electron chi connectivity index (χ4n) is 2.44. The summed E-state index contributed by atoms with van der Waals surface area (Å²) in [6.45, 7) is 4.10. The largest absolute Gasteiger partial charge is 0.370 e. The molecule has 0 fully saturated rings. The van der Waals surface area contributed by atoms with Gasteiger partial charge in [-0.1, -0.05) is 18.2 Å². The Morgan fingerprint density at radius 1 is 1.28 bits per heavy atom. The van der Waals surface area contributed by atoms with E-state index in [0.717, 1.165) is 32.6 Å². The van der Waals surface area contributed by atoms with Crippen LogP contribution in [0, 0.1) is 0 Å². The second-order valence-corrected chi connectivity index (χ2v) is 4.62. The number of hydrogen-bond donors (Lipinski definition) is 2. The van der Waals surface area contributed by atoms with Crippen LogP contribution in [0.5, 0.6) is 0 Å². The lowest BCUT2D eigenvalue weighted by atomic mass is 10.1. The SMILES string of the molecule is c1ccc2c(c1)CNCCN2CCc1cnc[nH]1. The Hall–Kier alpha value is -1.81. The fourth-order valence-corrected chi connectivity index (χ4v) is 2.44. The van der Waals surface area contributed by atoms with E-state index < -0.39 is 0 Å². The van der Waals surface area contributed by atoms with Crippen molar-refractivity contribution in [3.05, 3.63) is 48.0 Å². The molecule has 0 saturated heterocycles. The van der Waals surface area contributed by atoms with Crippen LogP contribution in [0.4, 0.5) is 5.69 Å². The minimum Gasteiger partial charge on any atom is -0.370 e. The first-order valence-electron chi connectivity index (χ1n) is 6.44.